The van der Waals surface area contributed by atoms with E-state index >= 15 is 0 Å². The molecule has 7 nitrogen and oxygen atoms in total. The van der Waals surface area contributed by atoms with Crippen LogP contribution in [-0.4, -0.2) is 38.9 Å². The molecule has 1 aromatic rings. The quantitative estimate of drug-likeness (QED) is 0.728. The lowest BCUT2D eigenvalue weighted by molar-refractivity contribution is -0.129. The third-order valence-electron chi connectivity index (χ3n) is 2.61. The van der Waals surface area contributed by atoms with Crippen molar-refractivity contribution in [3.05, 3.63) is 17.9 Å². The summed E-state index contributed by atoms with van der Waals surface area (Å²) in [6, 6.07) is 2.80. The summed E-state index contributed by atoms with van der Waals surface area (Å²) in [5.74, 6) is 0.402. The molecule has 0 fully saturated rings. The summed E-state index contributed by atoms with van der Waals surface area (Å²) in [5.41, 5.74) is 0. The number of nitrogens with two attached hydrogens (primary N) is 1. The predicted molar refractivity (Wildman–Crippen MR) is 69.7 cm³/mol. The van der Waals surface area contributed by atoms with Crippen LogP contribution in [0.25, 0.3) is 0 Å². The van der Waals surface area contributed by atoms with Gasteiger partial charge in [0.2, 0.25) is 11.0 Å². The van der Waals surface area contributed by atoms with Crippen molar-refractivity contribution in [3.63, 3.8) is 0 Å². The molecule has 0 bridgehead atoms. The van der Waals surface area contributed by atoms with Crippen molar-refractivity contribution in [3.8, 4) is 0 Å². The van der Waals surface area contributed by atoms with E-state index in [0.717, 1.165) is 0 Å². The number of nitrogens with zero attached hydrogens (tertiary/aromatic N) is 1. The molecule has 1 heterocycles. The minimum absolute atomic E-state index is 0.0109. The second-order valence-electron chi connectivity index (χ2n) is 3.94. The van der Waals surface area contributed by atoms with Gasteiger partial charge in [0.15, 0.2) is 0 Å². The number of hydrogen-bond donors (Lipinski definition) is 2. The average Bonchev–Trinajstić information content (AvgIpc) is 2.79. The summed E-state index contributed by atoms with van der Waals surface area (Å²) in [4.78, 5) is 13.4. The van der Waals surface area contributed by atoms with Gasteiger partial charge in [0.05, 0.1) is 13.1 Å². The monoisotopic (exact) mass is 289 g/mol. The van der Waals surface area contributed by atoms with Gasteiger partial charge in [-0.2, -0.15) is 0 Å². The highest BCUT2D eigenvalue weighted by Crippen LogP contribution is 2.11. The van der Waals surface area contributed by atoms with Crippen molar-refractivity contribution in [1.29, 1.82) is 0 Å². The number of amides is 1. The topological polar surface area (TPSA) is 106 Å². The first-order valence-corrected chi connectivity index (χ1v) is 7.53. The first-order chi connectivity index (χ1) is 8.88. The molecule has 0 radical (unpaired) electrons. The summed E-state index contributed by atoms with van der Waals surface area (Å²) in [6.07, 6.45) is 0. The Morgan fingerprint density at radius 3 is 2.47 bits per heavy atom. The standard InChI is InChI=1S/C11H19N3O4S/c1-3-14(4-2)10(15)8-13-7-9-5-6-11(18-9)19(12,16)17/h5-6,13H,3-4,7-8H2,1-2H3,(H2,12,16,17). The molecule has 0 aliphatic heterocycles. The Labute approximate surface area is 112 Å². The molecular formula is C11H19N3O4S. The summed E-state index contributed by atoms with van der Waals surface area (Å²) >= 11 is 0. The van der Waals surface area contributed by atoms with Gasteiger partial charge in [0.1, 0.15) is 5.76 Å². The molecule has 0 aliphatic carbocycles. The highest BCUT2D eigenvalue weighted by Gasteiger charge is 2.13. The molecular weight excluding hydrogens is 270 g/mol. The molecule has 0 aliphatic rings. The van der Waals surface area contributed by atoms with E-state index in [1.165, 1.54) is 12.1 Å². The van der Waals surface area contributed by atoms with E-state index in [-0.39, 0.29) is 24.1 Å². The van der Waals surface area contributed by atoms with Crippen LogP contribution in [-0.2, 0) is 21.4 Å². The van der Waals surface area contributed by atoms with Gasteiger partial charge in [-0.3, -0.25) is 4.79 Å². The highest BCUT2D eigenvalue weighted by atomic mass is 32.2. The Morgan fingerprint density at radius 1 is 1.37 bits per heavy atom. The lowest BCUT2D eigenvalue weighted by Crippen LogP contribution is -2.37. The Kier molecular flexibility index (Phi) is 5.52. The van der Waals surface area contributed by atoms with Gasteiger partial charge >= 0.3 is 0 Å². The van der Waals surface area contributed by atoms with E-state index in [1.807, 2.05) is 13.8 Å². The van der Waals surface area contributed by atoms with Crippen LogP contribution in [0, 0.1) is 0 Å². The lowest BCUT2D eigenvalue weighted by Gasteiger charge is -2.18. The van der Waals surface area contributed by atoms with Crippen LogP contribution in [0.3, 0.4) is 0 Å². The molecule has 3 N–H and O–H groups in total. The summed E-state index contributed by atoms with van der Waals surface area (Å²) in [6.45, 7) is 5.58. The van der Waals surface area contributed by atoms with Crippen LogP contribution in [0.1, 0.15) is 19.6 Å². The number of likely N-dealkylation sites (N-methyl/N-ethyl adjacent to an activating group) is 1. The Bertz CT molecular complexity index is 520. The van der Waals surface area contributed by atoms with E-state index in [9.17, 15) is 13.2 Å². The summed E-state index contributed by atoms with van der Waals surface area (Å²) < 4.78 is 27.0. The van der Waals surface area contributed by atoms with Crippen LogP contribution >= 0.6 is 0 Å². The van der Waals surface area contributed by atoms with E-state index < -0.39 is 10.0 Å². The number of carbonyl (C=O) groups is 1. The largest absolute Gasteiger partial charge is 0.447 e. The van der Waals surface area contributed by atoms with Crippen molar-refractivity contribution in [2.75, 3.05) is 19.6 Å². The van der Waals surface area contributed by atoms with Gasteiger partial charge in [0, 0.05) is 13.1 Å². The second-order valence-corrected chi connectivity index (χ2v) is 5.43. The smallest absolute Gasteiger partial charge is 0.271 e. The maximum atomic E-state index is 11.7. The van der Waals surface area contributed by atoms with E-state index in [2.05, 4.69) is 5.32 Å². The fourth-order valence-corrected chi connectivity index (χ4v) is 2.07. The maximum absolute atomic E-state index is 11.7. The molecule has 0 saturated carbocycles. The van der Waals surface area contributed by atoms with E-state index in [0.29, 0.717) is 18.8 Å². The number of furan rings is 1. The molecule has 0 unspecified atom stereocenters. The fourth-order valence-electron chi connectivity index (χ4n) is 1.59. The lowest BCUT2D eigenvalue weighted by atomic mass is 10.4. The molecule has 1 rings (SSSR count). The summed E-state index contributed by atoms with van der Waals surface area (Å²) in [7, 11) is -3.81. The Balaban J connectivity index is 2.46. The molecule has 0 saturated heterocycles. The number of sulfonamides is 1. The van der Waals surface area contributed by atoms with E-state index in [4.69, 9.17) is 9.56 Å². The zero-order valence-corrected chi connectivity index (χ0v) is 11.9. The molecule has 1 amide bonds. The number of rotatable bonds is 7. The van der Waals surface area contributed by atoms with Gasteiger partial charge in [-0.15, -0.1) is 0 Å². The molecule has 1 aromatic heterocycles. The van der Waals surface area contributed by atoms with Crippen LogP contribution in [0.15, 0.2) is 21.6 Å². The molecule has 108 valence electrons. The normalized spacial score (nSPS) is 11.5. The average molecular weight is 289 g/mol. The first-order valence-electron chi connectivity index (χ1n) is 5.98. The van der Waals surface area contributed by atoms with Gasteiger partial charge in [-0.25, -0.2) is 13.6 Å². The van der Waals surface area contributed by atoms with Crippen molar-refractivity contribution >= 4 is 15.9 Å². The van der Waals surface area contributed by atoms with Crippen molar-refractivity contribution in [2.24, 2.45) is 5.14 Å². The number of primary sulfonamides is 1. The number of nitrogens with one attached hydrogen (secondary N) is 1. The molecule has 19 heavy (non-hydrogen) atoms. The molecule has 8 heteroatoms. The Hall–Kier alpha value is -1.38. The minimum atomic E-state index is -3.81. The van der Waals surface area contributed by atoms with Gasteiger partial charge in [-0.05, 0) is 26.0 Å². The SMILES string of the molecule is CCN(CC)C(=O)CNCc1ccc(S(N)(=O)=O)o1. The van der Waals surface area contributed by atoms with Crippen LogP contribution in [0.5, 0.6) is 0 Å². The number of hydrogen-bond acceptors (Lipinski definition) is 5. The maximum Gasteiger partial charge on any atom is 0.271 e. The van der Waals surface area contributed by atoms with Crippen LogP contribution in [0.4, 0.5) is 0 Å². The highest BCUT2D eigenvalue weighted by molar-refractivity contribution is 7.89. The van der Waals surface area contributed by atoms with Crippen molar-refractivity contribution in [2.45, 2.75) is 25.5 Å². The van der Waals surface area contributed by atoms with E-state index in [1.54, 1.807) is 4.90 Å². The van der Waals surface area contributed by atoms with Gasteiger partial charge in [-0.1, -0.05) is 0 Å². The number of carbonyl (C=O) groups excluding carboxylic acids is 1. The first kappa shape index (κ1) is 15.7. The van der Waals surface area contributed by atoms with Crippen molar-refractivity contribution in [1.82, 2.24) is 10.2 Å². The zero-order chi connectivity index (χ0) is 14.5. The molecule has 0 aromatic carbocycles. The van der Waals surface area contributed by atoms with Gasteiger partial charge < -0.3 is 14.6 Å². The zero-order valence-electron chi connectivity index (χ0n) is 11.0. The minimum Gasteiger partial charge on any atom is -0.447 e. The van der Waals surface area contributed by atoms with Crippen LogP contribution < -0.4 is 10.5 Å². The second kappa shape index (κ2) is 6.69. The predicted octanol–water partition coefficient (Wildman–Crippen LogP) is -0.115. The molecule has 0 spiro atoms. The third kappa shape index (κ3) is 4.66. The third-order valence-corrected chi connectivity index (χ3v) is 3.39. The van der Waals surface area contributed by atoms with Crippen molar-refractivity contribution < 1.29 is 17.6 Å². The molecule has 0 atom stereocenters. The van der Waals surface area contributed by atoms with Crippen LogP contribution in [0.2, 0.25) is 0 Å². The Morgan fingerprint density at radius 2 is 2.00 bits per heavy atom. The summed E-state index contributed by atoms with van der Waals surface area (Å²) in [5, 5.41) is 7.54. The fraction of sp³-hybridized carbons (Fsp3) is 0.545. The van der Waals surface area contributed by atoms with Gasteiger partial charge in [0.25, 0.3) is 10.0 Å².